The first kappa shape index (κ1) is 15.0. The van der Waals surface area contributed by atoms with Crippen LogP contribution in [0.2, 0.25) is 0 Å². The molecular weight excluding hydrogens is 304 g/mol. The fourth-order valence-electron chi connectivity index (χ4n) is 3.26. The molecule has 1 aliphatic rings. The number of aromatic nitrogens is 2. The molecule has 1 aliphatic carbocycles. The van der Waals surface area contributed by atoms with Crippen molar-refractivity contribution < 1.29 is 5.11 Å². The standard InChI is InChI=1S/C15H25BrN2O/c1-4-11-6-7-12(8-11)14(19)9-13-15(16)10(3)17-18(13)5-2/h11-12,14,19H,4-9H2,1-3H3. The molecule has 0 aromatic carbocycles. The quantitative estimate of drug-likeness (QED) is 0.894. The average molecular weight is 329 g/mol. The van der Waals surface area contributed by atoms with Crippen LogP contribution in [0.3, 0.4) is 0 Å². The fraction of sp³-hybridized carbons (Fsp3) is 0.800. The predicted molar refractivity (Wildman–Crippen MR) is 81.2 cm³/mol. The lowest BCUT2D eigenvalue weighted by molar-refractivity contribution is 0.106. The lowest BCUT2D eigenvalue weighted by Gasteiger charge is -2.19. The van der Waals surface area contributed by atoms with Gasteiger partial charge in [0, 0.05) is 13.0 Å². The molecule has 1 aromatic heterocycles. The van der Waals surface area contributed by atoms with Crippen LogP contribution in [-0.4, -0.2) is 21.0 Å². The lowest BCUT2D eigenvalue weighted by Crippen LogP contribution is -2.22. The van der Waals surface area contributed by atoms with Gasteiger partial charge in [0.15, 0.2) is 0 Å². The third kappa shape index (κ3) is 3.22. The van der Waals surface area contributed by atoms with E-state index < -0.39 is 0 Å². The van der Waals surface area contributed by atoms with Gasteiger partial charge in [0.2, 0.25) is 0 Å². The summed E-state index contributed by atoms with van der Waals surface area (Å²) < 4.78 is 3.08. The Hall–Kier alpha value is -0.350. The van der Waals surface area contributed by atoms with E-state index in [1.54, 1.807) is 0 Å². The van der Waals surface area contributed by atoms with Crippen LogP contribution in [0, 0.1) is 18.8 Å². The van der Waals surface area contributed by atoms with Gasteiger partial charge in [-0.25, -0.2) is 0 Å². The molecule has 4 heteroatoms. The van der Waals surface area contributed by atoms with Gasteiger partial charge in [-0.15, -0.1) is 0 Å². The molecule has 1 aromatic rings. The molecule has 19 heavy (non-hydrogen) atoms. The number of nitrogens with zero attached hydrogens (tertiary/aromatic N) is 2. The van der Waals surface area contributed by atoms with E-state index in [-0.39, 0.29) is 6.10 Å². The van der Waals surface area contributed by atoms with Crippen molar-refractivity contribution in [1.29, 1.82) is 0 Å². The SMILES string of the molecule is CCC1CCC(C(O)Cc2c(Br)c(C)nn2CC)C1. The number of hydrogen-bond donors (Lipinski definition) is 1. The minimum Gasteiger partial charge on any atom is -0.392 e. The maximum atomic E-state index is 10.5. The number of aliphatic hydroxyl groups excluding tert-OH is 1. The smallest absolute Gasteiger partial charge is 0.0738 e. The molecule has 0 spiro atoms. The van der Waals surface area contributed by atoms with Crippen molar-refractivity contribution in [3.05, 3.63) is 15.9 Å². The van der Waals surface area contributed by atoms with Gasteiger partial charge in [-0.05, 0) is 54.5 Å². The molecule has 1 N–H and O–H groups in total. The third-order valence-corrected chi connectivity index (χ3v) is 5.59. The molecule has 3 unspecified atom stereocenters. The third-order valence-electron chi connectivity index (χ3n) is 4.56. The first-order chi connectivity index (χ1) is 9.06. The van der Waals surface area contributed by atoms with Gasteiger partial charge >= 0.3 is 0 Å². The van der Waals surface area contributed by atoms with Crippen LogP contribution in [0.1, 0.15) is 50.9 Å². The number of halogens is 1. The largest absolute Gasteiger partial charge is 0.392 e. The lowest BCUT2D eigenvalue weighted by atomic mass is 9.95. The average Bonchev–Trinajstić information content (AvgIpc) is 2.98. The predicted octanol–water partition coefficient (Wildman–Crippen LogP) is 3.70. The zero-order valence-electron chi connectivity index (χ0n) is 12.2. The Labute approximate surface area is 124 Å². The highest BCUT2D eigenvalue weighted by Crippen LogP contribution is 2.36. The van der Waals surface area contributed by atoms with Crippen LogP contribution in [-0.2, 0) is 13.0 Å². The second-order valence-electron chi connectivity index (χ2n) is 5.78. The van der Waals surface area contributed by atoms with E-state index >= 15 is 0 Å². The van der Waals surface area contributed by atoms with Gasteiger partial charge in [0.25, 0.3) is 0 Å². The summed E-state index contributed by atoms with van der Waals surface area (Å²) in [5.74, 6) is 1.29. The normalized spacial score (nSPS) is 24.9. The van der Waals surface area contributed by atoms with Gasteiger partial charge in [0.1, 0.15) is 0 Å². The Bertz CT molecular complexity index is 430. The Morgan fingerprint density at radius 1 is 1.42 bits per heavy atom. The van der Waals surface area contributed by atoms with Gasteiger partial charge in [-0.1, -0.05) is 19.8 Å². The van der Waals surface area contributed by atoms with E-state index in [1.165, 1.54) is 25.7 Å². The zero-order chi connectivity index (χ0) is 14.0. The van der Waals surface area contributed by atoms with E-state index in [0.717, 1.165) is 34.7 Å². The number of aryl methyl sites for hydroxylation is 2. The second kappa shape index (κ2) is 6.40. The number of hydrogen-bond acceptors (Lipinski definition) is 2. The molecule has 1 heterocycles. The monoisotopic (exact) mass is 328 g/mol. The summed E-state index contributed by atoms with van der Waals surface area (Å²) in [7, 11) is 0. The van der Waals surface area contributed by atoms with E-state index in [1.807, 2.05) is 11.6 Å². The fourth-order valence-corrected chi connectivity index (χ4v) is 3.71. The highest BCUT2D eigenvalue weighted by Gasteiger charge is 2.30. The van der Waals surface area contributed by atoms with Crippen LogP contribution in [0.25, 0.3) is 0 Å². The highest BCUT2D eigenvalue weighted by molar-refractivity contribution is 9.10. The van der Waals surface area contributed by atoms with Gasteiger partial charge < -0.3 is 5.11 Å². The van der Waals surface area contributed by atoms with Crippen LogP contribution >= 0.6 is 15.9 Å². The maximum Gasteiger partial charge on any atom is 0.0738 e. The Kier molecular flexibility index (Phi) is 5.07. The molecule has 0 radical (unpaired) electrons. The van der Waals surface area contributed by atoms with E-state index in [9.17, 15) is 5.11 Å². The molecule has 0 aliphatic heterocycles. The summed E-state index contributed by atoms with van der Waals surface area (Å²) in [5.41, 5.74) is 2.16. The molecule has 0 saturated heterocycles. The number of rotatable bonds is 5. The van der Waals surface area contributed by atoms with Gasteiger partial charge in [-0.3, -0.25) is 4.68 Å². The maximum absolute atomic E-state index is 10.5. The molecule has 0 amide bonds. The van der Waals surface area contributed by atoms with E-state index in [4.69, 9.17) is 0 Å². The minimum absolute atomic E-state index is 0.228. The molecule has 3 atom stereocenters. The summed E-state index contributed by atoms with van der Waals surface area (Å²) in [6, 6.07) is 0. The molecule has 0 bridgehead atoms. The van der Waals surface area contributed by atoms with Crippen LogP contribution in [0.5, 0.6) is 0 Å². The second-order valence-corrected chi connectivity index (χ2v) is 6.57. The summed E-state index contributed by atoms with van der Waals surface area (Å²) in [6.07, 6.45) is 5.39. The van der Waals surface area contributed by atoms with Crippen molar-refractivity contribution in [2.75, 3.05) is 0 Å². The molecule has 2 rings (SSSR count). The van der Waals surface area contributed by atoms with E-state index in [0.29, 0.717) is 5.92 Å². The Balaban J connectivity index is 2.05. The summed E-state index contributed by atoms with van der Waals surface area (Å²) in [4.78, 5) is 0. The highest BCUT2D eigenvalue weighted by atomic mass is 79.9. The molecule has 108 valence electrons. The van der Waals surface area contributed by atoms with Crippen molar-refractivity contribution in [3.63, 3.8) is 0 Å². The Morgan fingerprint density at radius 3 is 2.74 bits per heavy atom. The van der Waals surface area contributed by atoms with Crippen molar-refractivity contribution in [1.82, 2.24) is 9.78 Å². The summed E-state index contributed by atoms with van der Waals surface area (Å²) in [6.45, 7) is 7.22. The van der Waals surface area contributed by atoms with Crippen LogP contribution < -0.4 is 0 Å². The molecular formula is C15H25BrN2O. The van der Waals surface area contributed by atoms with Crippen molar-refractivity contribution in [3.8, 4) is 0 Å². The van der Waals surface area contributed by atoms with Gasteiger partial charge in [0.05, 0.1) is 22.0 Å². The zero-order valence-corrected chi connectivity index (χ0v) is 13.8. The summed E-state index contributed by atoms with van der Waals surface area (Å²) in [5, 5.41) is 15.0. The summed E-state index contributed by atoms with van der Waals surface area (Å²) >= 11 is 3.61. The Morgan fingerprint density at radius 2 is 2.16 bits per heavy atom. The topological polar surface area (TPSA) is 38.1 Å². The molecule has 1 saturated carbocycles. The first-order valence-electron chi connectivity index (χ1n) is 7.46. The van der Waals surface area contributed by atoms with Crippen LogP contribution in [0.15, 0.2) is 4.47 Å². The van der Waals surface area contributed by atoms with Crippen molar-refractivity contribution in [2.45, 2.75) is 65.5 Å². The first-order valence-corrected chi connectivity index (χ1v) is 8.25. The van der Waals surface area contributed by atoms with Crippen molar-refractivity contribution >= 4 is 15.9 Å². The number of aliphatic hydroxyl groups is 1. The molecule has 3 nitrogen and oxygen atoms in total. The van der Waals surface area contributed by atoms with Crippen molar-refractivity contribution in [2.24, 2.45) is 11.8 Å². The van der Waals surface area contributed by atoms with Gasteiger partial charge in [-0.2, -0.15) is 5.10 Å². The minimum atomic E-state index is -0.228. The van der Waals surface area contributed by atoms with E-state index in [2.05, 4.69) is 34.9 Å². The van der Waals surface area contributed by atoms with Crippen LogP contribution in [0.4, 0.5) is 0 Å². The molecule has 1 fully saturated rings.